The Balaban J connectivity index is 2.21. The maximum absolute atomic E-state index is 12.7. The average Bonchev–Trinajstić information content (AvgIpc) is 3.26. The molecule has 0 aromatic heterocycles. The second kappa shape index (κ2) is 6.69. The van der Waals surface area contributed by atoms with Crippen LogP contribution in [0.3, 0.4) is 0 Å². The number of nitrogens with zero attached hydrogens (tertiary/aromatic N) is 1. The van der Waals surface area contributed by atoms with Crippen molar-refractivity contribution >= 4 is 11.7 Å². The van der Waals surface area contributed by atoms with E-state index in [9.17, 15) is 9.59 Å². The second-order valence-corrected chi connectivity index (χ2v) is 5.68. The molecule has 0 heterocycles. The van der Waals surface area contributed by atoms with E-state index in [1.165, 1.54) is 12.8 Å². The lowest BCUT2D eigenvalue weighted by Gasteiger charge is -2.30. The third-order valence-corrected chi connectivity index (χ3v) is 3.84. The van der Waals surface area contributed by atoms with E-state index >= 15 is 0 Å². The topological polar surface area (TPSA) is 37.4 Å². The number of carbonyl (C=O) groups is 2. The van der Waals surface area contributed by atoms with Crippen LogP contribution in [0.2, 0.25) is 0 Å². The molecule has 0 saturated heterocycles. The summed E-state index contributed by atoms with van der Waals surface area (Å²) in [7, 11) is 0. The molecule has 1 unspecified atom stereocenters. The molecule has 1 fully saturated rings. The van der Waals surface area contributed by atoms with Gasteiger partial charge in [0.05, 0.1) is 6.04 Å². The van der Waals surface area contributed by atoms with E-state index in [2.05, 4.69) is 6.92 Å². The SMILES string of the molecule is CCCC(C(C)=O)N(CC1CC1)C(=O)c1ccccc1. The quantitative estimate of drug-likeness (QED) is 0.764. The number of amides is 1. The predicted octanol–water partition coefficient (Wildman–Crippen LogP) is 3.30. The van der Waals surface area contributed by atoms with Gasteiger partial charge in [-0.3, -0.25) is 9.59 Å². The van der Waals surface area contributed by atoms with E-state index in [0.717, 1.165) is 19.4 Å². The lowest BCUT2D eigenvalue weighted by atomic mass is 10.0. The Hall–Kier alpha value is -1.64. The zero-order chi connectivity index (χ0) is 14.5. The third-order valence-electron chi connectivity index (χ3n) is 3.84. The van der Waals surface area contributed by atoms with Gasteiger partial charge in [-0.15, -0.1) is 0 Å². The zero-order valence-electron chi connectivity index (χ0n) is 12.3. The maximum atomic E-state index is 12.7. The first-order valence-corrected chi connectivity index (χ1v) is 7.50. The van der Waals surface area contributed by atoms with Crippen molar-refractivity contribution in [3.63, 3.8) is 0 Å². The summed E-state index contributed by atoms with van der Waals surface area (Å²) < 4.78 is 0. The smallest absolute Gasteiger partial charge is 0.254 e. The van der Waals surface area contributed by atoms with Gasteiger partial charge in [0.15, 0.2) is 5.78 Å². The van der Waals surface area contributed by atoms with Gasteiger partial charge in [0.2, 0.25) is 0 Å². The van der Waals surface area contributed by atoms with Crippen molar-refractivity contribution in [2.45, 2.75) is 45.6 Å². The highest BCUT2D eigenvalue weighted by molar-refractivity contribution is 5.97. The molecule has 1 aromatic carbocycles. The zero-order valence-corrected chi connectivity index (χ0v) is 12.3. The molecule has 0 bridgehead atoms. The Morgan fingerprint density at radius 3 is 2.40 bits per heavy atom. The minimum atomic E-state index is -0.270. The van der Waals surface area contributed by atoms with Crippen LogP contribution in [-0.4, -0.2) is 29.2 Å². The molecule has 20 heavy (non-hydrogen) atoms. The van der Waals surface area contributed by atoms with E-state index in [4.69, 9.17) is 0 Å². The number of hydrogen-bond acceptors (Lipinski definition) is 2. The summed E-state index contributed by atoms with van der Waals surface area (Å²) in [5.41, 5.74) is 0.676. The summed E-state index contributed by atoms with van der Waals surface area (Å²) in [5, 5.41) is 0. The Bertz CT molecular complexity index is 465. The van der Waals surface area contributed by atoms with Gasteiger partial charge in [-0.2, -0.15) is 0 Å². The number of rotatable bonds is 7. The molecule has 3 heteroatoms. The first-order valence-electron chi connectivity index (χ1n) is 7.50. The van der Waals surface area contributed by atoms with Crippen molar-refractivity contribution in [3.8, 4) is 0 Å². The molecular weight excluding hydrogens is 250 g/mol. The summed E-state index contributed by atoms with van der Waals surface area (Å²) in [4.78, 5) is 26.4. The number of Topliss-reactive ketones (excluding diaryl/α,β-unsaturated/α-hetero) is 1. The van der Waals surface area contributed by atoms with Gasteiger partial charge in [-0.1, -0.05) is 31.5 Å². The Morgan fingerprint density at radius 2 is 1.90 bits per heavy atom. The predicted molar refractivity (Wildman–Crippen MR) is 79.6 cm³/mol. The molecule has 2 rings (SSSR count). The van der Waals surface area contributed by atoms with Gasteiger partial charge in [0, 0.05) is 12.1 Å². The first kappa shape index (κ1) is 14.8. The molecule has 1 amide bonds. The lowest BCUT2D eigenvalue weighted by Crippen LogP contribution is -2.45. The molecule has 1 aliphatic carbocycles. The first-order chi connectivity index (χ1) is 9.63. The molecule has 1 aliphatic rings. The average molecular weight is 273 g/mol. The third kappa shape index (κ3) is 3.69. The summed E-state index contributed by atoms with van der Waals surface area (Å²) in [6.45, 7) is 4.37. The fourth-order valence-electron chi connectivity index (χ4n) is 2.53. The van der Waals surface area contributed by atoms with Gasteiger partial charge in [0.25, 0.3) is 5.91 Å². The highest BCUT2D eigenvalue weighted by atomic mass is 16.2. The van der Waals surface area contributed by atoms with Crippen LogP contribution in [0, 0.1) is 5.92 Å². The van der Waals surface area contributed by atoms with Crippen LogP contribution in [0.15, 0.2) is 30.3 Å². The number of ketones is 1. The van der Waals surface area contributed by atoms with Crippen LogP contribution in [0.5, 0.6) is 0 Å². The van der Waals surface area contributed by atoms with Gasteiger partial charge in [0.1, 0.15) is 0 Å². The second-order valence-electron chi connectivity index (χ2n) is 5.68. The van der Waals surface area contributed by atoms with Crippen LogP contribution in [0.4, 0.5) is 0 Å². The number of carbonyl (C=O) groups excluding carboxylic acids is 2. The summed E-state index contributed by atoms with van der Waals surface area (Å²) in [5.74, 6) is 0.671. The monoisotopic (exact) mass is 273 g/mol. The summed E-state index contributed by atoms with van der Waals surface area (Å²) in [6.07, 6.45) is 4.01. The standard InChI is InChI=1S/C17H23NO2/c1-3-7-16(13(2)19)18(12-14-10-11-14)17(20)15-8-5-4-6-9-15/h4-6,8-9,14,16H,3,7,10-12H2,1-2H3. The van der Waals surface area contributed by atoms with Gasteiger partial charge in [-0.05, 0) is 44.2 Å². The van der Waals surface area contributed by atoms with Gasteiger partial charge in [-0.25, -0.2) is 0 Å². The normalized spacial score (nSPS) is 15.7. The minimum Gasteiger partial charge on any atom is -0.328 e. The highest BCUT2D eigenvalue weighted by Gasteiger charge is 2.33. The lowest BCUT2D eigenvalue weighted by molar-refractivity contribution is -0.121. The molecular formula is C17H23NO2. The van der Waals surface area contributed by atoms with E-state index in [1.54, 1.807) is 11.8 Å². The summed E-state index contributed by atoms with van der Waals surface area (Å²) >= 11 is 0. The Labute approximate surface area is 121 Å². The number of hydrogen-bond donors (Lipinski definition) is 0. The molecule has 3 nitrogen and oxygen atoms in total. The van der Waals surface area contributed by atoms with Crippen molar-refractivity contribution in [1.82, 2.24) is 4.90 Å². The Kier molecular flexibility index (Phi) is 4.94. The van der Waals surface area contributed by atoms with Crippen LogP contribution in [0.1, 0.15) is 49.9 Å². The minimum absolute atomic E-state index is 0.00819. The van der Waals surface area contributed by atoms with Crippen molar-refractivity contribution in [1.29, 1.82) is 0 Å². The van der Waals surface area contributed by atoms with Crippen molar-refractivity contribution < 1.29 is 9.59 Å². The fourth-order valence-corrected chi connectivity index (χ4v) is 2.53. The maximum Gasteiger partial charge on any atom is 0.254 e. The molecule has 0 radical (unpaired) electrons. The highest BCUT2D eigenvalue weighted by Crippen LogP contribution is 2.31. The molecule has 0 N–H and O–H groups in total. The molecule has 1 aromatic rings. The fraction of sp³-hybridized carbons (Fsp3) is 0.529. The van der Waals surface area contributed by atoms with Gasteiger partial charge < -0.3 is 4.90 Å². The largest absolute Gasteiger partial charge is 0.328 e. The van der Waals surface area contributed by atoms with E-state index in [1.807, 2.05) is 30.3 Å². The number of benzene rings is 1. The van der Waals surface area contributed by atoms with E-state index in [0.29, 0.717) is 11.5 Å². The van der Waals surface area contributed by atoms with E-state index in [-0.39, 0.29) is 17.7 Å². The molecule has 1 saturated carbocycles. The van der Waals surface area contributed by atoms with Crippen molar-refractivity contribution in [2.24, 2.45) is 5.92 Å². The Morgan fingerprint density at radius 1 is 1.25 bits per heavy atom. The van der Waals surface area contributed by atoms with Crippen LogP contribution < -0.4 is 0 Å². The van der Waals surface area contributed by atoms with Crippen LogP contribution in [0.25, 0.3) is 0 Å². The van der Waals surface area contributed by atoms with Crippen LogP contribution in [-0.2, 0) is 4.79 Å². The van der Waals surface area contributed by atoms with Gasteiger partial charge >= 0.3 is 0 Å². The van der Waals surface area contributed by atoms with E-state index < -0.39 is 0 Å². The molecule has 1 atom stereocenters. The van der Waals surface area contributed by atoms with Crippen LogP contribution >= 0.6 is 0 Å². The van der Waals surface area contributed by atoms with Crippen molar-refractivity contribution in [3.05, 3.63) is 35.9 Å². The summed E-state index contributed by atoms with van der Waals surface area (Å²) in [6, 6.07) is 9.01. The van der Waals surface area contributed by atoms with Crippen molar-refractivity contribution in [2.75, 3.05) is 6.54 Å². The molecule has 0 aliphatic heterocycles. The molecule has 0 spiro atoms. The molecule has 108 valence electrons.